The van der Waals surface area contributed by atoms with Crippen LogP contribution in [0.15, 0.2) is 48.5 Å². The summed E-state index contributed by atoms with van der Waals surface area (Å²) in [6, 6.07) is 14.6. The normalized spacial score (nSPS) is 11.0. The molecular formula is C17H19F2NO. The molecule has 0 bridgehead atoms. The van der Waals surface area contributed by atoms with Crippen LogP contribution in [-0.2, 0) is 24.4 Å². The Hall–Kier alpha value is -1.78. The number of halogens is 2. The lowest BCUT2D eigenvalue weighted by Gasteiger charge is -2.08. The molecule has 0 aliphatic carbocycles. The topological polar surface area (TPSA) is 21.3 Å². The number of alkyl halides is 2. The summed E-state index contributed by atoms with van der Waals surface area (Å²) in [5.41, 5.74) is 3.20. The number of hydrogen-bond donors (Lipinski definition) is 1. The van der Waals surface area contributed by atoms with Gasteiger partial charge in [-0.2, -0.15) is 0 Å². The summed E-state index contributed by atoms with van der Waals surface area (Å²) < 4.78 is 30.3. The highest BCUT2D eigenvalue weighted by molar-refractivity contribution is 5.25. The molecule has 2 aromatic carbocycles. The lowest BCUT2D eigenvalue weighted by Crippen LogP contribution is -2.13. The molecule has 0 unspecified atom stereocenters. The number of rotatable bonds is 7. The van der Waals surface area contributed by atoms with Crippen molar-refractivity contribution >= 4 is 0 Å². The van der Waals surface area contributed by atoms with Crippen LogP contribution in [-0.4, -0.2) is 7.11 Å². The number of nitrogens with one attached hydrogen (secondary N) is 1. The highest BCUT2D eigenvalue weighted by Gasteiger charge is 2.06. The Bertz CT molecular complexity index is 572. The standard InChI is InChI=1S/C17H19F2NO/c1-21-12-15-6-2-4-13(8-15)10-20-11-14-5-3-7-16(9-14)17(18)19/h2-9,17,20H,10-12H2,1H3. The molecule has 0 aliphatic rings. The molecule has 0 aliphatic heterocycles. The van der Waals surface area contributed by atoms with Gasteiger partial charge in [0.05, 0.1) is 6.61 Å². The van der Waals surface area contributed by atoms with Crippen molar-refractivity contribution in [1.29, 1.82) is 0 Å². The van der Waals surface area contributed by atoms with Gasteiger partial charge in [0.2, 0.25) is 0 Å². The first-order valence-corrected chi connectivity index (χ1v) is 6.83. The zero-order chi connectivity index (χ0) is 15.1. The lowest BCUT2D eigenvalue weighted by atomic mass is 10.1. The molecule has 2 nitrogen and oxygen atoms in total. The molecule has 0 aromatic heterocycles. The highest BCUT2D eigenvalue weighted by atomic mass is 19.3. The smallest absolute Gasteiger partial charge is 0.263 e. The number of ether oxygens (including phenoxy) is 1. The summed E-state index contributed by atoms with van der Waals surface area (Å²) in [5, 5.41) is 3.27. The molecule has 2 aromatic rings. The molecule has 2 rings (SSSR count). The van der Waals surface area contributed by atoms with Crippen LogP contribution in [0.5, 0.6) is 0 Å². The zero-order valence-corrected chi connectivity index (χ0v) is 12.0. The minimum atomic E-state index is -2.42. The van der Waals surface area contributed by atoms with Gasteiger partial charge in [0, 0.05) is 25.8 Å². The maximum Gasteiger partial charge on any atom is 0.263 e. The lowest BCUT2D eigenvalue weighted by molar-refractivity contribution is 0.151. The van der Waals surface area contributed by atoms with Crippen LogP contribution in [0.2, 0.25) is 0 Å². The maximum absolute atomic E-state index is 12.6. The Balaban J connectivity index is 1.89. The van der Waals surface area contributed by atoms with Crippen LogP contribution in [0.1, 0.15) is 28.7 Å². The van der Waals surface area contributed by atoms with Gasteiger partial charge in [0.15, 0.2) is 0 Å². The molecule has 0 atom stereocenters. The zero-order valence-electron chi connectivity index (χ0n) is 12.0. The van der Waals surface area contributed by atoms with E-state index in [0.717, 1.165) is 16.7 Å². The fourth-order valence-electron chi connectivity index (χ4n) is 2.19. The Morgan fingerprint density at radius 3 is 2.24 bits per heavy atom. The second-order valence-corrected chi connectivity index (χ2v) is 4.90. The molecule has 0 heterocycles. The molecule has 0 radical (unpaired) electrons. The molecule has 112 valence electrons. The van der Waals surface area contributed by atoms with Crippen molar-refractivity contribution in [2.75, 3.05) is 7.11 Å². The predicted molar refractivity (Wildman–Crippen MR) is 79.1 cm³/mol. The van der Waals surface area contributed by atoms with Gasteiger partial charge in [0.25, 0.3) is 6.43 Å². The molecule has 0 amide bonds. The van der Waals surface area contributed by atoms with E-state index in [2.05, 4.69) is 11.4 Å². The molecule has 1 N–H and O–H groups in total. The van der Waals surface area contributed by atoms with Crippen molar-refractivity contribution in [3.8, 4) is 0 Å². The molecule has 0 spiro atoms. The molecule has 0 saturated heterocycles. The molecule has 21 heavy (non-hydrogen) atoms. The monoisotopic (exact) mass is 291 g/mol. The van der Waals surface area contributed by atoms with E-state index < -0.39 is 6.43 Å². The van der Waals surface area contributed by atoms with E-state index in [9.17, 15) is 8.78 Å². The van der Waals surface area contributed by atoms with Gasteiger partial charge in [0.1, 0.15) is 0 Å². The number of benzene rings is 2. The van der Waals surface area contributed by atoms with Crippen molar-refractivity contribution < 1.29 is 13.5 Å². The first kappa shape index (κ1) is 15.6. The minimum absolute atomic E-state index is 0.0661. The average molecular weight is 291 g/mol. The largest absolute Gasteiger partial charge is 0.380 e. The van der Waals surface area contributed by atoms with E-state index in [1.807, 2.05) is 24.3 Å². The van der Waals surface area contributed by atoms with Crippen LogP contribution in [0.4, 0.5) is 8.78 Å². The highest BCUT2D eigenvalue weighted by Crippen LogP contribution is 2.19. The Morgan fingerprint density at radius 1 is 0.952 bits per heavy atom. The first-order chi connectivity index (χ1) is 10.2. The number of hydrogen-bond acceptors (Lipinski definition) is 2. The van der Waals surface area contributed by atoms with Gasteiger partial charge in [-0.15, -0.1) is 0 Å². The second-order valence-electron chi connectivity index (χ2n) is 4.90. The molecule has 4 heteroatoms. The summed E-state index contributed by atoms with van der Waals surface area (Å²) in [6.07, 6.45) is -2.42. The summed E-state index contributed by atoms with van der Waals surface area (Å²) in [6.45, 7) is 1.84. The van der Waals surface area contributed by atoms with Gasteiger partial charge in [-0.25, -0.2) is 8.78 Å². The summed E-state index contributed by atoms with van der Waals surface area (Å²) in [4.78, 5) is 0. The third-order valence-electron chi connectivity index (χ3n) is 3.16. The quantitative estimate of drug-likeness (QED) is 0.830. The predicted octanol–water partition coefficient (Wildman–Crippen LogP) is 4.06. The Morgan fingerprint density at radius 2 is 1.57 bits per heavy atom. The van der Waals surface area contributed by atoms with Crippen molar-refractivity contribution in [3.63, 3.8) is 0 Å². The summed E-state index contributed by atoms with van der Waals surface area (Å²) in [7, 11) is 1.67. The summed E-state index contributed by atoms with van der Waals surface area (Å²) >= 11 is 0. The Kier molecular flexibility index (Phi) is 5.84. The van der Waals surface area contributed by atoms with E-state index >= 15 is 0 Å². The van der Waals surface area contributed by atoms with Crippen LogP contribution < -0.4 is 5.32 Å². The molecule has 0 saturated carbocycles. The third kappa shape index (κ3) is 4.92. The third-order valence-corrected chi connectivity index (χ3v) is 3.16. The van der Waals surface area contributed by atoms with Gasteiger partial charge in [-0.05, 0) is 22.8 Å². The number of methoxy groups -OCH3 is 1. The van der Waals surface area contributed by atoms with Crippen molar-refractivity contribution in [2.45, 2.75) is 26.1 Å². The maximum atomic E-state index is 12.6. The molecular weight excluding hydrogens is 272 g/mol. The minimum Gasteiger partial charge on any atom is -0.380 e. The second kappa shape index (κ2) is 7.86. The van der Waals surface area contributed by atoms with Crippen LogP contribution in [0.3, 0.4) is 0 Å². The van der Waals surface area contributed by atoms with Crippen LogP contribution in [0, 0.1) is 0 Å². The van der Waals surface area contributed by atoms with E-state index in [4.69, 9.17) is 4.74 Å². The van der Waals surface area contributed by atoms with Crippen LogP contribution in [0.25, 0.3) is 0 Å². The molecule has 0 fully saturated rings. The average Bonchev–Trinajstić information content (AvgIpc) is 2.48. The Labute approximate surface area is 123 Å². The van der Waals surface area contributed by atoms with Gasteiger partial charge >= 0.3 is 0 Å². The van der Waals surface area contributed by atoms with Crippen molar-refractivity contribution in [3.05, 3.63) is 70.8 Å². The first-order valence-electron chi connectivity index (χ1n) is 6.83. The van der Waals surface area contributed by atoms with Gasteiger partial charge < -0.3 is 10.1 Å². The SMILES string of the molecule is COCc1cccc(CNCc2cccc(C(F)F)c2)c1. The van der Waals surface area contributed by atoms with E-state index in [1.165, 1.54) is 6.07 Å². The van der Waals surface area contributed by atoms with E-state index in [0.29, 0.717) is 19.7 Å². The van der Waals surface area contributed by atoms with Crippen molar-refractivity contribution in [2.24, 2.45) is 0 Å². The van der Waals surface area contributed by atoms with E-state index in [1.54, 1.807) is 19.2 Å². The van der Waals surface area contributed by atoms with Crippen LogP contribution >= 0.6 is 0 Å². The fourth-order valence-corrected chi connectivity index (χ4v) is 2.19. The fraction of sp³-hybridized carbons (Fsp3) is 0.294. The van der Waals surface area contributed by atoms with Gasteiger partial charge in [-0.1, -0.05) is 42.5 Å². The summed E-state index contributed by atoms with van der Waals surface area (Å²) in [5.74, 6) is 0. The van der Waals surface area contributed by atoms with Gasteiger partial charge in [-0.3, -0.25) is 0 Å². The van der Waals surface area contributed by atoms with Crippen molar-refractivity contribution in [1.82, 2.24) is 5.32 Å². The van der Waals surface area contributed by atoms with E-state index in [-0.39, 0.29) is 5.56 Å².